The zero-order valence-corrected chi connectivity index (χ0v) is 9.29. The summed E-state index contributed by atoms with van der Waals surface area (Å²) < 4.78 is 5.24. The first-order valence-electron chi connectivity index (χ1n) is 5.11. The third-order valence-corrected chi connectivity index (χ3v) is 2.50. The van der Waals surface area contributed by atoms with Crippen LogP contribution < -0.4 is 4.74 Å². The molecule has 0 amide bonds. The van der Waals surface area contributed by atoms with Crippen LogP contribution in [0.15, 0.2) is 12.1 Å². The molecule has 0 aliphatic carbocycles. The van der Waals surface area contributed by atoms with Gasteiger partial charge in [0.2, 0.25) is 0 Å². The molecule has 0 bridgehead atoms. The normalized spacial score (nSPS) is 10.4. The summed E-state index contributed by atoms with van der Waals surface area (Å²) in [4.78, 5) is 0. The Morgan fingerprint density at radius 3 is 2.20 bits per heavy atom. The summed E-state index contributed by atoms with van der Waals surface area (Å²) in [6.07, 6.45) is 1.23. The molecule has 2 N–H and O–H groups in total. The van der Waals surface area contributed by atoms with Crippen molar-refractivity contribution < 1.29 is 14.9 Å². The Labute approximate surface area is 90.3 Å². The summed E-state index contributed by atoms with van der Waals surface area (Å²) in [7, 11) is 1.63. The van der Waals surface area contributed by atoms with E-state index in [4.69, 9.17) is 14.9 Å². The molecule has 0 aliphatic rings. The van der Waals surface area contributed by atoms with Crippen molar-refractivity contribution in [1.82, 2.24) is 0 Å². The van der Waals surface area contributed by atoms with Crippen LogP contribution in [-0.4, -0.2) is 30.5 Å². The zero-order valence-electron chi connectivity index (χ0n) is 9.29. The summed E-state index contributed by atoms with van der Waals surface area (Å²) in [5.74, 6) is 0.809. The van der Waals surface area contributed by atoms with Gasteiger partial charge in [-0.2, -0.15) is 0 Å². The van der Waals surface area contributed by atoms with Crippen LogP contribution in [-0.2, 0) is 12.8 Å². The second-order valence-electron chi connectivity index (χ2n) is 3.54. The zero-order chi connectivity index (χ0) is 11.3. The predicted molar refractivity (Wildman–Crippen MR) is 59.3 cm³/mol. The van der Waals surface area contributed by atoms with E-state index >= 15 is 0 Å². The quantitative estimate of drug-likeness (QED) is 0.764. The van der Waals surface area contributed by atoms with Crippen LogP contribution in [0.3, 0.4) is 0 Å². The Balaban J connectivity index is 3.05. The smallest absolute Gasteiger partial charge is 0.122 e. The van der Waals surface area contributed by atoms with Gasteiger partial charge in [0, 0.05) is 13.2 Å². The Bertz CT molecular complexity index is 321. The molecule has 3 heteroatoms. The fourth-order valence-corrected chi connectivity index (χ4v) is 1.67. The number of aliphatic hydroxyl groups is 2. The van der Waals surface area contributed by atoms with Gasteiger partial charge in [0.25, 0.3) is 0 Å². The lowest BCUT2D eigenvalue weighted by atomic mass is 10.00. The second kappa shape index (κ2) is 5.73. The van der Waals surface area contributed by atoms with E-state index in [1.165, 1.54) is 0 Å². The number of hydrogen-bond donors (Lipinski definition) is 2. The molecule has 0 aliphatic heterocycles. The third-order valence-electron chi connectivity index (χ3n) is 2.50. The molecule has 0 heterocycles. The van der Waals surface area contributed by atoms with Gasteiger partial charge in [0.05, 0.1) is 7.11 Å². The lowest BCUT2D eigenvalue weighted by Gasteiger charge is -2.12. The monoisotopic (exact) mass is 210 g/mol. The highest BCUT2D eigenvalue weighted by Gasteiger charge is 2.07. The summed E-state index contributed by atoms with van der Waals surface area (Å²) in [5.41, 5.74) is 3.22. The molecule has 3 nitrogen and oxygen atoms in total. The highest BCUT2D eigenvalue weighted by molar-refractivity contribution is 5.42. The van der Waals surface area contributed by atoms with Crippen molar-refractivity contribution in [1.29, 1.82) is 0 Å². The van der Waals surface area contributed by atoms with E-state index in [0.29, 0.717) is 12.8 Å². The SMILES string of the molecule is COc1cc(C)c(CCO)cc1CCO. The first-order valence-corrected chi connectivity index (χ1v) is 5.11. The molecule has 0 atom stereocenters. The Hall–Kier alpha value is -1.06. The van der Waals surface area contributed by atoms with Crippen LogP contribution >= 0.6 is 0 Å². The van der Waals surface area contributed by atoms with Gasteiger partial charge in [-0.15, -0.1) is 0 Å². The molecule has 15 heavy (non-hydrogen) atoms. The van der Waals surface area contributed by atoms with Crippen molar-refractivity contribution in [3.8, 4) is 5.75 Å². The van der Waals surface area contributed by atoms with Crippen LogP contribution in [0.4, 0.5) is 0 Å². The molecule has 1 rings (SSSR count). The number of hydrogen-bond acceptors (Lipinski definition) is 3. The number of aryl methyl sites for hydroxylation is 1. The maximum atomic E-state index is 8.92. The minimum atomic E-state index is 0.109. The van der Waals surface area contributed by atoms with Crippen LogP contribution in [0.25, 0.3) is 0 Å². The molecule has 0 fully saturated rings. The minimum Gasteiger partial charge on any atom is -0.496 e. The fourth-order valence-electron chi connectivity index (χ4n) is 1.67. The van der Waals surface area contributed by atoms with Crippen LogP contribution in [0.2, 0.25) is 0 Å². The topological polar surface area (TPSA) is 49.7 Å². The maximum absolute atomic E-state index is 8.92. The largest absolute Gasteiger partial charge is 0.496 e. The number of benzene rings is 1. The Morgan fingerprint density at radius 1 is 1.07 bits per heavy atom. The molecule has 1 aromatic rings. The van der Waals surface area contributed by atoms with E-state index in [1.54, 1.807) is 7.11 Å². The number of rotatable bonds is 5. The standard InChI is InChI=1S/C12H18O3/c1-9-7-12(15-2)11(4-6-14)8-10(9)3-5-13/h7-8,13-14H,3-6H2,1-2H3. The van der Waals surface area contributed by atoms with Gasteiger partial charge < -0.3 is 14.9 Å². The highest BCUT2D eigenvalue weighted by Crippen LogP contribution is 2.24. The van der Waals surface area contributed by atoms with E-state index in [2.05, 4.69) is 0 Å². The predicted octanol–water partition coefficient (Wildman–Crippen LogP) is 1.07. The summed E-state index contributed by atoms with van der Waals surface area (Å²) in [6, 6.07) is 3.95. The molecule has 0 saturated carbocycles. The average Bonchev–Trinajstić information content (AvgIpc) is 2.23. The maximum Gasteiger partial charge on any atom is 0.122 e. The van der Waals surface area contributed by atoms with E-state index in [0.717, 1.165) is 22.4 Å². The lowest BCUT2D eigenvalue weighted by molar-refractivity contribution is 0.295. The fraction of sp³-hybridized carbons (Fsp3) is 0.500. The molecule has 0 unspecified atom stereocenters. The molecule has 0 spiro atoms. The van der Waals surface area contributed by atoms with Crippen LogP contribution in [0.5, 0.6) is 5.75 Å². The minimum absolute atomic E-state index is 0.109. The molecular formula is C12H18O3. The van der Waals surface area contributed by atoms with Gasteiger partial charge in [0.15, 0.2) is 0 Å². The van der Waals surface area contributed by atoms with Gasteiger partial charge in [-0.1, -0.05) is 6.07 Å². The molecule has 1 aromatic carbocycles. The average molecular weight is 210 g/mol. The van der Waals surface area contributed by atoms with Crippen LogP contribution in [0, 0.1) is 6.92 Å². The Kier molecular flexibility index (Phi) is 4.59. The van der Waals surface area contributed by atoms with Gasteiger partial charge >= 0.3 is 0 Å². The lowest BCUT2D eigenvalue weighted by Crippen LogP contribution is -2.01. The number of aliphatic hydroxyl groups excluding tert-OH is 2. The van der Waals surface area contributed by atoms with Crippen LogP contribution in [0.1, 0.15) is 16.7 Å². The van der Waals surface area contributed by atoms with E-state index in [9.17, 15) is 0 Å². The van der Waals surface area contributed by atoms with Gasteiger partial charge in [0.1, 0.15) is 5.75 Å². The summed E-state index contributed by atoms with van der Waals surface area (Å²) in [6.45, 7) is 2.25. The summed E-state index contributed by atoms with van der Waals surface area (Å²) >= 11 is 0. The number of methoxy groups -OCH3 is 1. The van der Waals surface area contributed by atoms with Crippen molar-refractivity contribution in [2.45, 2.75) is 19.8 Å². The van der Waals surface area contributed by atoms with E-state index < -0.39 is 0 Å². The molecule has 0 radical (unpaired) electrons. The van der Waals surface area contributed by atoms with Crippen molar-refractivity contribution >= 4 is 0 Å². The van der Waals surface area contributed by atoms with Crippen molar-refractivity contribution in [3.63, 3.8) is 0 Å². The van der Waals surface area contributed by atoms with Gasteiger partial charge in [-0.3, -0.25) is 0 Å². The Morgan fingerprint density at radius 2 is 1.67 bits per heavy atom. The van der Waals surface area contributed by atoms with Gasteiger partial charge in [-0.25, -0.2) is 0 Å². The number of ether oxygens (including phenoxy) is 1. The van der Waals surface area contributed by atoms with E-state index in [-0.39, 0.29) is 13.2 Å². The first kappa shape index (κ1) is 12.0. The molecule has 0 aromatic heterocycles. The van der Waals surface area contributed by atoms with Crippen molar-refractivity contribution in [2.24, 2.45) is 0 Å². The van der Waals surface area contributed by atoms with E-state index in [1.807, 2.05) is 19.1 Å². The van der Waals surface area contributed by atoms with Gasteiger partial charge in [-0.05, 0) is 42.5 Å². The highest BCUT2D eigenvalue weighted by atomic mass is 16.5. The molecular weight excluding hydrogens is 192 g/mol. The molecule has 84 valence electrons. The second-order valence-corrected chi connectivity index (χ2v) is 3.54. The molecule has 0 saturated heterocycles. The third kappa shape index (κ3) is 2.94. The van der Waals surface area contributed by atoms with Crippen molar-refractivity contribution in [3.05, 3.63) is 28.8 Å². The van der Waals surface area contributed by atoms with Crippen molar-refractivity contribution in [2.75, 3.05) is 20.3 Å². The first-order chi connectivity index (χ1) is 7.22. The summed E-state index contributed by atoms with van der Waals surface area (Å²) in [5, 5.41) is 17.8.